The van der Waals surface area contributed by atoms with Gasteiger partial charge in [-0.2, -0.15) is 0 Å². The molecular formula is C15H22IN. The molecule has 0 amide bonds. The molecule has 1 heterocycles. The van der Waals surface area contributed by atoms with Gasteiger partial charge in [0.1, 0.15) is 0 Å². The van der Waals surface area contributed by atoms with Crippen molar-refractivity contribution in [1.82, 2.24) is 4.90 Å². The minimum absolute atomic E-state index is 0.796. The van der Waals surface area contributed by atoms with Crippen LogP contribution in [0.25, 0.3) is 0 Å². The van der Waals surface area contributed by atoms with E-state index in [0.29, 0.717) is 0 Å². The van der Waals surface area contributed by atoms with E-state index in [0.717, 1.165) is 5.92 Å². The summed E-state index contributed by atoms with van der Waals surface area (Å²) in [5.74, 6) is 0.796. The van der Waals surface area contributed by atoms with Crippen LogP contribution in [0.5, 0.6) is 0 Å². The summed E-state index contributed by atoms with van der Waals surface area (Å²) >= 11 is 2.45. The fourth-order valence-electron chi connectivity index (χ4n) is 2.57. The van der Waals surface area contributed by atoms with Crippen LogP contribution < -0.4 is 0 Å². The molecule has 0 bridgehead atoms. The van der Waals surface area contributed by atoms with Gasteiger partial charge in [0, 0.05) is 0 Å². The number of likely N-dealkylation sites (tertiary alicyclic amines) is 1. The Labute approximate surface area is 119 Å². The van der Waals surface area contributed by atoms with E-state index in [1.807, 2.05) is 0 Å². The van der Waals surface area contributed by atoms with Gasteiger partial charge in [0.2, 0.25) is 0 Å². The van der Waals surface area contributed by atoms with Crippen molar-refractivity contribution in [2.24, 2.45) is 0 Å². The lowest BCUT2D eigenvalue weighted by atomic mass is 9.89. The molecule has 0 saturated carbocycles. The van der Waals surface area contributed by atoms with Crippen LogP contribution >= 0.6 is 22.6 Å². The molecule has 0 unspecified atom stereocenters. The van der Waals surface area contributed by atoms with E-state index >= 15 is 0 Å². The smallest absolute Gasteiger partial charge is 0.000156 e. The van der Waals surface area contributed by atoms with E-state index in [1.54, 1.807) is 5.56 Å². The third-order valence-electron chi connectivity index (χ3n) is 3.77. The maximum Gasteiger partial charge on any atom is -0.000156 e. The molecule has 94 valence electrons. The van der Waals surface area contributed by atoms with Crippen LogP contribution in [0.15, 0.2) is 24.3 Å². The van der Waals surface area contributed by atoms with E-state index in [2.05, 4.69) is 58.8 Å². The Hall–Kier alpha value is -0.0900. The number of hydrogen-bond donors (Lipinski definition) is 0. The van der Waals surface area contributed by atoms with Gasteiger partial charge in [0.15, 0.2) is 0 Å². The van der Waals surface area contributed by atoms with E-state index < -0.39 is 0 Å². The summed E-state index contributed by atoms with van der Waals surface area (Å²) in [6.07, 6.45) is 5.18. The Morgan fingerprint density at radius 1 is 1.18 bits per heavy atom. The van der Waals surface area contributed by atoms with Gasteiger partial charge in [-0.1, -0.05) is 46.9 Å². The maximum absolute atomic E-state index is 2.45. The number of hydrogen-bond acceptors (Lipinski definition) is 1. The average Bonchev–Trinajstić information content (AvgIpc) is 2.38. The molecule has 0 N–H and O–H groups in total. The van der Waals surface area contributed by atoms with Crippen LogP contribution in [0.1, 0.15) is 36.3 Å². The molecular weight excluding hydrogens is 321 g/mol. The highest BCUT2D eigenvalue weighted by atomic mass is 127. The van der Waals surface area contributed by atoms with Crippen LogP contribution in [0.3, 0.4) is 0 Å². The number of rotatable bonds is 4. The second-order valence-corrected chi connectivity index (χ2v) is 6.19. The molecule has 1 fully saturated rings. The van der Waals surface area contributed by atoms with Gasteiger partial charge < -0.3 is 4.90 Å². The Bertz CT molecular complexity index is 325. The molecule has 0 aromatic heterocycles. The molecule has 0 atom stereocenters. The standard InChI is InChI=1S/C15H22IN/c1-17-11-8-15(9-12-17)14-6-4-13(5-7-14)3-2-10-16/h4-7,15H,2-3,8-12H2,1H3. The molecule has 1 aliphatic rings. The monoisotopic (exact) mass is 343 g/mol. The van der Waals surface area contributed by atoms with Gasteiger partial charge in [-0.05, 0) is 67.3 Å². The van der Waals surface area contributed by atoms with Gasteiger partial charge in [-0.25, -0.2) is 0 Å². The number of aryl methyl sites for hydroxylation is 1. The van der Waals surface area contributed by atoms with Crippen LogP contribution in [0, 0.1) is 0 Å². The van der Waals surface area contributed by atoms with Gasteiger partial charge in [-0.3, -0.25) is 0 Å². The van der Waals surface area contributed by atoms with E-state index in [4.69, 9.17) is 0 Å². The van der Waals surface area contributed by atoms with Crippen molar-refractivity contribution in [1.29, 1.82) is 0 Å². The average molecular weight is 343 g/mol. The number of benzene rings is 1. The van der Waals surface area contributed by atoms with Crippen LogP contribution in [-0.4, -0.2) is 29.5 Å². The minimum Gasteiger partial charge on any atom is -0.306 e. The highest BCUT2D eigenvalue weighted by Crippen LogP contribution is 2.27. The lowest BCUT2D eigenvalue weighted by Crippen LogP contribution is -2.29. The van der Waals surface area contributed by atoms with E-state index in [-0.39, 0.29) is 0 Å². The van der Waals surface area contributed by atoms with Gasteiger partial charge >= 0.3 is 0 Å². The highest BCUT2D eigenvalue weighted by molar-refractivity contribution is 14.1. The quantitative estimate of drug-likeness (QED) is 0.593. The second-order valence-electron chi connectivity index (χ2n) is 5.11. The summed E-state index contributed by atoms with van der Waals surface area (Å²) in [5, 5.41) is 0. The van der Waals surface area contributed by atoms with Gasteiger partial charge in [-0.15, -0.1) is 0 Å². The van der Waals surface area contributed by atoms with Crippen molar-refractivity contribution in [2.45, 2.75) is 31.6 Å². The zero-order chi connectivity index (χ0) is 12.1. The van der Waals surface area contributed by atoms with Crippen LogP contribution in [0.2, 0.25) is 0 Å². The fraction of sp³-hybridized carbons (Fsp3) is 0.600. The predicted molar refractivity (Wildman–Crippen MR) is 83.1 cm³/mol. The van der Waals surface area contributed by atoms with Crippen molar-refractivity contribution in [3.8, 4) is 0 Å². The predicted octanol–water partition coefficient (Wildman–Crippen LogP) is 3.86. The van der Waals surface area contributed by atoms with Crippen molar-refractivity contribution in [3.63, 3.8) is 0 Å². The minimum atomic E-state index is 0.796. The molecule has 2 heteroatoms. The van der Waals surface area contributed by atoms with Crippen molar-refractivity contribution in [2.75, 3.05) is 24.6 Å². The molecule has 1 saturated heterocycles. The Kier molecular flexibility index (Phi) is 5.29. The summed E-state index contributed by atoms with van der Waals surface area (Å²) in [6.45, 7) is 2.50. The molecule has 2 rings (SSSR count). The van der Waals surface area contributed by atoms with E-state index in [1.165, 1.54) is 48.8 Å². The Morgan fingerprint density at radius 3 is 2.41 bits per heavy atom. The van der Waals surface area contributed by atoms with Crippen molar-refractivity contribution in [3.05, 3.63) is 35.4 Å². The molecule has 1 aromatic carbocycles. The molecule has 17 heavy (non-hydrogen) atoms. The second kappa shape index (κ2) is 6.74. The summed E-state index contributed by atoms with van der Waals surface area (Å²) in [4.78, 5) is 2.44. The molecule has 1 aromatic rings. The maximum atomic E-state index is 2.45. The Morgan fingerprint density at radius 2 is 1.82 bits per heavy atom. The zero-order valence-corrected chi connectivity index (χ0v) is 12.8. The van der Waals surface area contributed by atoms with E-state index in [9.17, 15) is 0 Å². The summed E-state index contributed by atoms with van der Waals surface area (Å²) in [5.41, 5.74) is 3.05. The summed E-state index contributed by atoms with van der Waals surface area (Å²) < 4.78 is 1.26. The number of alkyl halides is 1. The SMILES string of the molecule is CN1CCC(c2ccc(CCCI)cc2)CC1. The highest BCUT2D eigenvalue weighted by Gasteiger charge is 2.17. The normalized spacial score (nSPS) is 18.5. The zero-order valence-electron chi connectivity index (χ0n) is 10.7. The molecule has 1 aliphatic heterocycles. The first-order valence-corrected chi connectivity index (χ1v) is 8.15. The number of piperidine rings is 1. The van der Waals surface area contributed by atoms with Crippen LogP contribution in [-0.2, 0) is 6.42 Å². The largest absolute Gasteiger partial charge is 0.306 e. The summed E-state index contributed by atoms with van der Waals surface area (Å²) in [6, 6.07) is 9.39. The van der Waals surface area contributed by atoms with Gasteiger partial charge in [0.05, 0.1) is 0 Å². The first-order valence-electron chi connectivity index (χ1n) is 6.63. The molecule has 0 spiro atoms. The lowest BCUT2D eigenvalue weighted by molar-refractivity contribution is 0.255. The molecule has 1 nitrogen and oxygen atoms in total. The van der Waals surface area contributed by atoms with Gasteiger partial charge in [0.25, 0.3) is 0 Å². The molecule has 0 radical (unpaired) electrons. The fourth-order valence-corrected chi connectivity index (χ4v) is 2.95. The third-order valence-corrected chi connectivity index (χ3v) is 4.53. The van der Waals surface area contributed by atoms with Crippen molar-refractivity contribution >= 4 is 22.6 Å². The number of nitrogens with zero attached hydrogens (tertiary/aromatic N) is 1. The first kappa shape index (κ1) is 13.3. The first-order chi connectivity index (χ1) is 8.29. The lowest BCUT2D eigenvalue weighted by Gasteiger charge is -2.29. The van der Waals surface area contributed by atoms with Crippen LogP contribution in [0.4, 0.5) is 0 Å². The third kappa shape index (κ3) is 3.95. The topological polar surface area (TPSA) is 3.24 Å². The number of halogens is 1. The molecule has 0 aliphatic carbocycles. The summed E-state index contributed by atoms with van der Waals surface area (Å²) in [7, 11) is 2.23. The van der Waals surface area contributed by atoms with Crippen molar-refractivity contribution < 1.29 is 0 Å². The Balaban J connectivity index is 1.93.